The third kappa shape index (κ3) is 17.7. The van der Waals surface area contributed by atoms with Crippen LogP contribution in [0.3, 0.4) is 0 Å². The minimum absolute atomic E-state index is 0.367. The first-order chi connectivity index (χ1) is 12.9. The second-order valence-electron chi connectivity index (χ2n) is 8.19. The van der Waals surface area contributed by atoms with Gasteiger partial charge in [-0.2, -0.15) is 8.42 Å². The lowest BCUT2D eigenvalue weighted by Crippen LogP contribution is -2.22. The molecule has 0 fully saturated rings. The number of hydrogen-bond donors (Lipinski definition) is 2. The van der Waals surface area contributed by atoms with Gasteiger partial charge in [-0.1, -0.05) is 104 Å². The van der Waals surface area contributed by atoms with Gasteiger partial charge in [0, 0.05) is 0 Å². The number of unbranched alkanes of at least 4 members (excludes halogenated alkanes) is 12. The molecule has 0 aliphatic heterocycles. The Balaban J connectivity index is 3.83. The molecule has 2 unspecified atom stereocenters. The summed E-state index contributed by atoms with van der Waals surface area (Å²) in [5.41, 5.74) is 0. The van der Waals surface area contributed by atoms with Crippen LogP contribution in [0.2, 0.25) is 0 Å². The van der Waals surface area contributed by atoms with Crippen molar-refractivity contribution >= 4 is 10.1 Å². The van der Waals surface area contributed by atoms with Gasteiger partial charge in [0.15, 0.2) is 0 Å². The fourth-order valence-electron chi connectivity index (χ4n) is 3.63. The Kier molecular flexibility index (Phi) is 17.8. The summed E-state index contributed by atoms with van der Waals surface area (Å²) in [5, 5.41) is 9.42. The van der Waals surface area contributed by atoms with Crippen molar-refractivity contribution < 1.29 is 18.1 Å². The molecular formula is C22H46O4S. The van der Waals surface area contributed by atoms with Crippen LogP contribution >= 0.6 is 0 Å². The van der Waals surface area contributed by atoms with Crippen molar-refractivity contribution in [3.63, 3.8) is 0 Å². The summed E-state index contributed by atoms with van der Waals surface area (Å²) in [4.78, 5) is 0. The van der Waals surface area contributed by atoms with E-state index in [2.05, 4.69) is 13.8 Å². The Labute approximate surface area is 169 Å². The Morgan fingerprint density at radius 2 is 1.00 bits per heavy atom. The largest absolute Gasteiger partial charge is 0.393 e. The minimum atomic E-state index is -4.01. The number of rotatable bonds is 20. The van der Waals surface area contributed by atoms with Crippen LogP contribution in [0, 0.1) is 0 Å². The standard InChI is InChI=1S/C22H46O4S/c1-3-5-7-9-11-12-13-15-17-21(23)19-20-22(27(24,25)26)18-16-14-10-8-6-4-2/h21-23H,3-20H2,1-2H3,(H,24,25,26). The predicted octanol–water partition coefficient (Wildman–Crippen LogP) is 6.67. The van der Waals surface area contributed by atoms with Crippen LogP contribution in [0.5, 0.6) is 0 Å². The molecule has 2 N–H and O–H groups in total. The molecule has 5 heteroatoms. The van der Waals surface area contributed by atoms with Crippen LogP contribution in [0.25, 0.3) is 0 Å². The van der Waals surface area contributed by atoms with Gasteiger partial charge in [0.25, 0.3) is 10.1 Å². The van der Waals surface area contributed by atoms with Crippen LogP contribution in [-0.2, 0) is 10.1 Å². The number of hydrogen-bond acceptors (Lipinski definition) is 3. The van der Waals surface area contributed by atoms with Gasteiger partial charge in [-0.05, 0) is 25.7 Å². The minimum Gasteiger partial charge on any atom is -0.393 e. The van der Waals surface area contributed by atoms with E-state index < -0.39 is 21.5 Å². The van der Waals surface area contributed by atoms with E-state index in [1.807, 2.05) is 0 Å². The summed E-state index contributed by atoms with van der Waals surface area (Å²) in [5.74, 6) is 0. The molecular weight excluding hydrogens is 360 g/mol. The van der Waals surface area contributed by atoms with Gasteiger partial charge in [0.2, 0.25) is 0 Å². The highest BCUT2D eigenvalue weighted by molar-refractivity contribution is 7.86. The van der Waals surface area contributed by atoms with E-state index in [9.17, 15) is 18.1 Å². The van der Waals surface area contributed by atoms with E-state index in [0.29, 0.717) is 19.3 Å². The van der Waals surface area contributed by atoms with Crippen molar-refractivity contribution in [1.29, 1.82) is 0 Å². The summed E-state index contributed by atoms with van der Waals surface area (Å²) in [6.45, 7) is 4.40. The van der Waals surface area contributed by atoms with Crippen LogP contribution in [0.1, 0.15) is 129 Å². The third-order valence-electron chi connectivity index (χ3n) is 5.51. The van der Waals surface area contributed by atoms with Crippen molar-refractivity contribution in [1.82, 2.24) is 0 Å². The molecule has 0 amide bonds. The maximum Gasteiger partial charge on any atom is 0.267 e. The van der Waals surface area contributed by atoms with Gasteiger partial charge in [-0.25, -0.2) is 0 Å². The van der Waals surface area contributed by atoms with Gasteiger partial charge >= 0.3 is 0 Å². The summed E-state index contributed by atoms with van der Waals surface area (Å²) in [6.07, 6.45) is 18.1. The molecule has 0 heterocycles. The zero-order valence-electron chi connectivity index (χ0n) is 18.0. The molecule has 0 spiro atoms. The monoisotopic (exact) mass is 406 g/mol. The molecule has 0 aromatic rings. The van der Waals surface area contributed by atoms with Crippen LogP contribution in [0.4, 0.5) is 0 Å². The second kappa shape index (κ2) is 17.9. The summed E-state index contributed by atoms with van der Waals surface area (Å²) >= 11 is 0. The highest BCUT2D eigenvalue weighted by Gasteiger charge is 2.23. The van der Waals surface area contributed by atoms with Gasteiger partial charge in [0.05, 0.1) is 11.4 Å². The molecule has 0 saturated heterocycles. The highest BCUT2D eigenvalue weighted by atomic mass is 32.2. The predicted molar refractivity (Wildman–Crippen MR) is 116 cm³/mol. The zero-order valence-corrected chi connectivity index (χ0v) is 18.8. The molecule has 0 rings (SSSR count). The highest BCUT2D eigenvalue weighted by Crippen LogP contribution is 2.20. The Morgan fingerprint density at radius 3 is 1.44 bits per heavy atom. The van der Waals surface area contributed by atoms with E-state index in [-0.39, 0.29) is 0 Å². The van der Waals surface area contributed by atoms with E-state index in [4.69, 9.17) is 0 Å². The molecule has 0 saturated carbocycles. The average Bonchev–Trinajstić information content (AvgIpc) is 2.61. The van der Waals surface area contributed by atoms with Crippen LogP contribution in [-0.4, -0.2) is 29.4 Å². The topological polar surface area (TPSA) is 74.6 Å². The lowest BCUT2D eigenvalue weighted by Gasteiger charge is -2.16. The Bertz CT molecular complexity index is 409. The van der Waals surface area contributed by atoms with Gasteiger partial charge in [0.1, 0.15) is 0 Å². The fourth-order valence-corrected chi connectivity index (χ4v) is 4.53. The zero-order chi connectivity index (χ0) is 20.4. The first kappa shape index (κ1) is 26.9. The fraction of sp³-hybridized carbons (Fsp3) is 1.00. The molecule has 2 atom stereocenters. The molecule has 164 valence electrons. The SMILES string of the molecule is CCCCCCCCCCC(O)CCC(CCCCCCCC)S(=O)(=O)O. The lowest BCUT2D eigenvalue weighted by atomic mass is 10.0. The quantitative estimate of drug-likeness (QED) is 0.175. The average molecular weight is 407 g/mol. The summed E-state index contributed by atoms with van der Waals surface area (Å²) in [6, 6.07) is 0. The first-order valence-corrected chi connectivity index (χ1v) is 13.1. The molecule has 0 aliphatic rings. The molecule has 0 aliphatic carbocycles. The lowest BCUT2D eigenvalue weighted by molar-refractivity contribution is 0.147. The van der Waals surface area contributed by atoms with Crippen LogP contribution in [0.15, 0.2) is 0 Å². The van der Waals surface area contributed by atoms with Crippen molar-refractivity contribution in [2.45, 2.75) is 141 Å². The van der Waals surface area contributed by atoms with Gasteiger partial charge in [-0.15, -0.1) is 0 Å². The van der Waals surface area contributed by atoms with Crippen LogP contribution < -0.4 is 0 Å². The number of aliphatic hydroxyl groups excluding tert-OH is 1. The van der Waals surface area contributed by atoms with E-state index in [0.717, 1.165) is 38.5 Å². The third-order valence-corrected chi connectivity index (χ3v) is 6.83. The van der Waals surface area contributed by atoms with Crippen molar-refractivity contribution in [2.75, 3.05) is 0 Å². The molecule has 0 aromatic heterocycles. The Morgan fingerprint density at radius 1 is 0.593 bits per heavy atom. The second-order valence-corrected chi connectivity index (χ2v) is 9.88. The summed E-state index contributed by atoms with van der Waals surface area (Å²) in [7, 11) is -4.01. The Hall–Kier alpha value is -0.130. The maximum atomic E-state index is 11.6. The molecule has 0 bridgehead atoms. The molecule has 0 aromatic carbocycles. The normalized spacial score (nSPS) is 14.4. The first-order valence-electron chi connectivity index (χ1n) is 11.6. The number of aliphatic hydroxyl groups is 1. The smallest absolute Gasteiger partial charge is 0.267 e. The molecule has 27 heavy (non-hydrogen) atoms. The summed E-state index contributed by atoms with van der Waals surface area (Å²) < 4.78 is 32.6. The molecule has 0 radical (unpaired) electrons. The van der Waals surface area contributed by atoms with Crippen molar-refractivity contribution in [3.05, 3.63) is 0 Å². The van der Waals surface area contributed by atoms with E-state index in [1.54, 1.807) is 0 Å². The van der Waals surface area contributed by atoms with Gasteiger partial charge in [-0.3, -0.25) is 4.55 Å². The maximum absolute atomic E-state index is 11.6. The van der Waals surface area contributed by atoms with E-state index in [1.165, 1.54) is 57.8 Å². The van der Waals surface area contributed by atoms with Crippen molar-refractivity contribution in [2.24, 2.45) is 0 Å². The van der Waals surface area contributed by atoms with Crippen molar-refractivity contribution in [3.8, 4) is 0 Å². The van der Waals surface area contributed by atoms with Gasteiger partial charge < -0.3 is 5.11 Å². The molecule has 4 nitrogen and oxygen atoms in total. The van der Waals surface area contributed by atoms with E-state index >= 15 is 0 Å².